The molecule has 0 radical (unpaired) electrons. The lowest BCUT2D eigenvalue weighted by molar-refractivity contribution is 0.510. The smallest absolute Gasteiger partial charge is 0.240 e. The van der Waals surface area contributed by atoms with Gasteiger partial charge in [-0.3, -0.25) is 0 Å². The third-order valence-electron chi connectivity index (χ3n) is 4.03. The van der Waals surface area contributed by atoms with Gasteiger partial charge in [0.05, 0.1) is 4.90 Å². The zero-order valence-corrected chi connectivity index (χ0v) is 12.9. The van der Waals surface area contributed by atoms with Crippen molar-refractivity contribution < 1.29 is 8.42 Å². The van der Waals surface area contributed by atoms with Gasteiger partial charge in [-0.15, -0.1) is 0 Å². The molecule has 0 amide bonds. The molecule has 0 unspecified atom stereocenters. The quantitative estimate of drug-likeness (QED) is 0.838. The van der Waals surface area contributed by atoms with E-state index in [0.29, 0.717) is 11.4 Å². The maximum Gasteiger partial charge on any atom is 0.240 e. The molecular formula is C15H24N2O2S. The summed E-state index contributed by atoms with van der Waals surface area (Å²) in [6, 6.07) is 5.25. The Morgan fingerprint density at radius 3 is 2.45 bits per heavy atom. The van der Waals surface area contributed by atoms with Crippen LogP contribution in [0.25, 0.3) is 0 Å². The summed E-state index contributed by atoms with van der Waals surface area (Å²) in [4.78, 5) is 0.327. The van der Waals surface area contributed by atoms with Gasteiger partial charge in [0.2, 0.25) is 10.0 Å². The number of nitrogens with one attached hydrogen (secondary N) is 1. The molecule has 1 fully saturated rings. The van der Waals surface area contributed by atoms with Crippen molar-refractivity contribution in [3.8, 4) is 0 Å². The molecule has 20 heavy (non-hydrogen) atoms. The van der Waals surface area contributed by atoms with Crippen LogP contribution in [0.3, 0.4) is 0 Å². The van der Waals surface area contributed by atoms with Gasteiger partial charge in [-0.25, -0.2) is 13.1 Å². The Labute approximate surface area is 121 Å². The van der Waals surface area contributed by atoms with Crippen LogP contribution in [0.1, 0.15) is 49.7 Å². The van der Waals surface area contributed by atoms with Crippen LogP contribution < -0.4 is 10.5 Å². The van der Waals surface area contributed by atoms with Crippen molar-refractivity contribution in [1.82, 2.24) is 4.72 Å². The number of hydrogen-bond acceptors (Lipinski definition) is 3. The molecule has 0 aromatic heterocycles. The Morgan fingerprint density at radius 2 is 1.85 bits per heavy atom. The van der Waals surface area contributed by atoms with Crippen LogP contribution in [0.5, 0.6) is 0 Å². The SMILES string of the molecule is Cc1ccc(S(=O)(=O)NC2CCCCCC2)cc1CN. The third kappa shape index (κ3) is 3.81. The van der Waals surface area contributed by atoms with E-state index in [-0.39, 0.29) is 6.04 Å². The van der Waals surface area contributed by atoms with Crippen LogP contribution in [0.2, 0.25) is 0 Å². The van der Waals surface area contributed by atoms with Crippen molar-refractivity contribution in [3.63, 3.8) is 0 Å². The maximum absolute atomic E-state index is 12.4. The number of aryl methyl sites for hydroxylation is 1. The Hall–Kier alpha value is -0.910. The molecule has 5 heteroatoms. The van der Waals surface area contributed by atoms with Crippen molar-refractivity contribution >= 4 is 10.0 Å². The second kappa shape index (κ2) is 6.70. The van der Waals surface area contributed by atoms with Gasteiger partial charge < -0.3 is 5.73 Å². The highest BCUT2D eigenvalue weighted by molar-refractivity contribution is 7.89. The number of rotatable bonds is 4. The fourth-order valence-electron chi connectivity index (χ4n) is 2.72. The van der Waals surface area contributed by atoms with E-state index in [0.717, 1.165) is 36.8 Å². The van der Waals surface area contributed by atoms with E-state index < -0.39 is 10.0 Å². The molecule has 1 aromatic carbocycles. The molecule has 4 nitrogen and oxygen atoms in total. The standard InChI is InChI=1S/C15H24N2O2S/c1-12-8-9-15(10-13(12)11-16)20(18,19)17-14-6-4-2-3-5-7-14/h8-10,14,17H,2-7,11,16H2,1H3. The minimum atomic E-state index is -3.43. The van der Waals surface area contributed by atoms with Gasteiger partial charge >= 0.3 is 0 Å². The van der Waals surface area contributed by atoms with Gasteiger partial charge in [-0.2, -0.15) is 0 Å². The van der Waals surface area contributed by atoms with Crippen LogP contribution in [0.4, 0.5) is 0 Å². The first-order valence-corrected chi connectivity index (χ1v) is 8.83. The van der Waals surface area contributed by atoms with Crippen molar-refractivity contribution in [2.24, 2.45) is 5.73 Å². The topological polar surface area (TPSA) is 72.2 Å². The predicted molar refractivity (Wildman–Crippen MR) is 80.9 cm³/mol. The molecule has 0 atom stereocenters. The highest BCUT2D eigenvalue weighted by atomic mass is 32.2. The normalized spacial score (nSPS) is 17.9. The van der Waals surface area contributed by atoms with Gasteiger partial charge in [-0.05, 0) is 43.0 Å². The number of sulfonamides is 1. The highest BCUT2D eigenvalue weighted by Gasteiger charge is 2.21. The third-order valence-corrected chi connectivity index (χ3v) is 5.55. The van der Waals surface area contributed by atoms with Crippen LogP contribution in [0.15, 0.2) is 23.1 Å². The van der Waals surface area contributed by atoms with Crippen LogP contribution >= 0.6 is 0 Å². The lowest BCUT2D eigenvalue weighted by Gasteiger charge is -2.17. The average Bonchev–Trinajstić information content (AvgIpc) is 2.67. The summed E-state index contributed by atoms with van der Waals surface area (Å²) in [6.07, 6.45) is 6.51. The number of benzene rings is 1. The first kappa shape index (κ1) is 15.5. The molecule has 0 aliphatic heterocycles. The zero-order valence-electron chi connectivity index (χ0n) is 12.1. The molecule has 0 saturated heterocycles. The molecule has 0 heterocycles. The summed E-state index contributed by atoms with van der Waals surface area (Å²) in [6.45, 7) is 2.30. The molecule has 1 aromatic rings. The molecule has 0 bridgehead atoms. The van der Waals surface area contributed by atoms with Crippen molar-refractivity contribution in [2.75, 3.05) is 0 Å². The van der Waals surface area contributed by atoms with E-state index in [4.69, 9.17) is 5.73 Å². The largest absolute Gasteiger partial charge is 0.326 e. The van der Waals surface area contributed by atoms with Crippen molar-refractivity contribution in [3.05, 3.63) is 29.3 Å². The van der Waals surface area contributed by atoms with Crippen LogP contribution in [0, 0.1) is 6.92 Å². The van der Waals surface area contributed by atoms with Crippen LogP contribution in [-0.4, -0.2) is 14.5 Å². The molecule has 3 N–H and O–H groups in total. The van der Waals surface area contributed by atoms with Crippen molar-refractivity contribution in [1.29, 1.82) is 0 Å². The molecule has 2 rings (SSSR count). The number of nitrogens with two attached hydrogens (primary N) is 1. The lowest BCUT2D eigenvalue weighted by atomic mass is 10.1. The summed E-state index contributed by atoms with van der Waals surface area (Å²) in [5.41, 5.74) is 7.56. The van der Waals surface area contributed by atoms with Gasteiger partial charge in [0.1, 0.15) is 0 Å². The van der Waals surface area contributed by atoms with E-state index in [1.807, 2.05) is 13.0 Å². The first-order chi connectivity index (χ1) is 9.53. The highest BCUT2D eigenvalue weighted by Crippen LogP contribution is 2.20. The zero-order chi connectivity index (χ0) is 14.6. The van der Waals surface area contributed by atoms with Gasteiger partial charge in [0.25, 0.3) is 0 Å². The van der Waals surface area contributed by atoms with Crippen LogP contribution in [-0.2, 0) is 16.6 Å². The van der Waals surface area contributed by atoms with Gasteiger partial charge in [0.15, 0.2) is 0 Å². The fraction of sp³-hybridized carbons (Fsp3) is 0.600. The molecule has 0 spiro atoms. The maximum atomic E-state index is 12.4. The summed E-state index contributed by atoms with van der Waals surface area (Å²) in [7, 11) is -3.43. The van der Waals surface area contributed by atoms with E-state index in [1.54, 1.807) is 12.1 Å². The number of hydrogen-bond donors (Lipinski definition) is 2. The molecule has 1 saturated carbocycles. The molecular weight excluding hydrogens is 272 g/mol. The summed E-state index contributed by atoms with van der Waals surface area (Å²) in [5, 5.41) is 0. The Kier molecular flexibility index (Phi) is 5.18. The predicted octanol–water partition coefficient (Wildman–Crippen LogP) is 2.45. The van der Waals surface area contributed by atoms with Gasteiger partial charge in [0, 0.05) is 12.6 Å². The Morgan fingerprint density at radius 1 is 1.20 bits per heavy atom. The van der Waals surface area contributed by atoms with E-state index in [2.05, 4.69) is 4.72 Å². The molecule has 1 aliphatic carbocycles. The summed E-state index contributed by atoms with van der Waals surface area (Å²) >= 11 is 0. The lowest BCUT2D eigenvalue weighted by Crippen LogP contribution is -2.34. The minimum absolute atomic E-state index is 0.0742. The first-order valence-electron chi connectivity index (χ1n) is 7.35. The van der Waals surface area contributed by atoms with Gasteiger partial charge in [-0.1, -0.05) is 31.7 Å². The average molecular weight is 296 g/mol. The van der Waals surface area contributed by atoms with Crippen molar-refractivity contribution in [2.45, 2.75) is 62.9 Å². The minimum Gasteiger partial charge on any atom is -0.326 e. The second-order valence-electron chi connectivity index (χ2n) is 5.60. The molecule has 1 aliphatic rings. The monoisotopic (exact) mass is 296 g/mol. The Bertz CT molecular complexity index is 547. The Balaban J connectivity index is 2.17. The molecule has 112 valence electrons. The summed E-state index contributed by atoms with van der Waals surface area (Å²) in [5.74, 6) is 0. The fourth-order valence-corrected chi connectivity index (χ4v) is 4.07. The van der Waals surface area contributed by atoms with E-state index >= 15 is 0 Å². The second-order valence-corrected chi connectivity index (χ2v) is 7.32. The van der Waals surface area contributed by atoms with E-state index in [1.165, 1.54) is 12.8 Å². The van der Waals surface area contributed by atoms with E-state index in [9.17, 15) is 8.42 Å². The summed E-state index contributed by atoms with van der Waals surface area (Å²) < 4.78 is 27.7.